The number of amides is 1. The van der Waals surface area contributed by atoms with Crippen molar-refractivity contribution in [2.75, 3.05) is 10.8 Å². The first-order chi connectivity index (χ1) is 15.7. The summed E-state index contributed by atoms with van der Waals surface area (Å²) < 4.78 is 28.1. The number of halogens is 2. The summed E-state index contributed by atoms with van der Waals surface area (Å²) in [4.78, 5) is 12.8. The summed E-state index contributed by atoms with van der Waals surface area (Å²) in [5, 5.41) is 4.69. The number of nitrogens with one attached hydrogen (secondary N) is 1. The molecule has 9 heteroatoms. The number of hydrazone groups is 1. The Balaban J connectivity index is 1.88. The SMILES string of the molecule is CCc1ccccc1N(CC(=O)N/N=C\c1ccc(Cl)c(Cl)c1)S(=O)(=O)c1ccc(C)cc1. The first kappa shape index (κ1) is 24.8. The molecule has 3 rings (SSSR count). The normalized spacial score (nSPS) is 11.5. The fourth-order valence-corrected chi connectivity index (χ4v) is 4.89. The van der Waals surface area contributed by atoms with Crippen molar-refractivity contribution < 1.29 is 13.2 Å². The lowest BCUT2D eigenvalue weighted by atomic mass is 10.1. The summed E-state index contributed by atoms with van der Waals surface area (Å²) in [5.74, 6) is -0.590. The summed E-state index contributed by atoms with van der Waals surface area (Å²) in [6, 6.07) is 18.5. The minimum atomic E-state index is -4.00. The van der Waals surface area contributed by atoms with E-state index < -0.39 is 22.5 Å². The number of carbonyl (C=O) groups is 1. The summed E-state index contributed by atoms with van der Waals surface area (Å²) >= 11 is 11.9. The molecule has 1 N–H and O–H groups in total. The Morgan fingerprint density at radius 3 is 2.39 bits per heavy atom. The second-order valence-electron chi connectivity index (χ2n) is 7.27. The number of sulfonamides is 1. The summed E-state index contributed by atoms with van der Waals surface area (Å²) in [6.45, 7) is 3.36. The van der Waals surface area contributed by atoms with Gasteiger partial charge in [0, 0.05) is 0 Å². The van der Waals surface area contributed by atoms with Crippen molar-refractivity contribution in [3.05, 3.63) is 93.5 Å². The van der Waals surface area contributed by atoms with E-state index in [1.807, 2.05) is 26.0 Å². The van der Waals surface area contributed by atoms with Crippen LogP contribution in [0.4, 0.5) is 5.69 Å². The molecule has 0 aromatic heterocycles. The van der Waals surface area contributed by atoms with Gasteiger partial charge in [-0.1, -0.05) is 72.1 Å². The summed E-state index contributed by atoms with van der Waals surface area (Å²) in [5.41, 5.74) is 5.20. The van der Waals surface area contributed by atoms with Crippen molar-refractivity contribution in [2.24, 2.45) is 5.10 Å². The van der Waals surface area contributed by atoms with Crippen LogP contribution in [-0.4, -0.2) is 27.1 Å². The van der Waals surface area contributed by atoms with Crippen molar-refractivity contribution in [3.8, 4) is 0 Å². The number of anilines is 1. The van der Waals surface area contributed by atoms with E-state index in [-0.39, 0.29) is 4.90 Å². The lowest BCUT2D eigenvalue weighted by Gasteiger charge is -2.25. The molecule has 0 bridgehead atoms. The molecule has 3 aromatic rings. The van der Waals surface area contributed by atoms with Crippen molar-refractivity contribution in [1.29, 1.82) is 0 Å². The minimum Gasteiger partial charge on any atom is -0.271 e. The van der Waals surface area contributed by atoms with Gasteiger partial charge in [-0.15, -0.1) is 0 Å². The molecule has 0 radical (unpaired) electrons. The Labute approximate surface area is 203 Å². The lowest BCUT2D eigenvalue weighted by molar-refractivity contribution is -0.119. The van der Waals surface area contributed by atoms with Crippen LogP contribution < -0.4 is 9.73 Å². The smallest absolute Gasteiger partial charge is 0.264 e. The molecule has 0 aliphatic heterocycles. The molecule has 0 atom stereocenters. The second kappa shape index (κ2) is 10.8. The van der Waals surface area contributed by atoms with Gasteiger partial charge in [0.25, 0.3) is 15.9 Å². The Kier molecular flexibility index (Phi) is 8.13. The van der Waals surface area contributed by atoms with Crippen molar-refractivity contribution in [2.45, 2.75) is 25.2 Å². The number of hydrogen-bond donors (Lipinski definition) is 1. The Bertz CT molecular complexity index is 1280. The van der Waals surface area contributed by atoms with Gasteiger partial charge < -0.3 is 0 Å². The number of rotatable bonds is 8. The summed E-state index contributed by atoms with van der Waals surface area (Å²) in [7, 11) is -4.00. The molecule has 0 aliphatic rings. The van der Waals surface area contributed by atoms with E-state index in [0.717, 1.165) is 15.4 Å². The number of carbonyl (C=O) groups excluding carboxylic acids is 1. The van der Waals surface area contributed by atoms with E-state index in [9.17, 15) is 13.2 Å². The quantitative estimate of drug-likeness (QED) is 0.338. The molecule has 3 aromatic carbocycles. The molecule has 0 heterocycles. The lowest BCUT2D eigenvalue weighted by Crippen LogP contribution is -2.40. The predicted molar refractivity (Wildman–Crippen MR) is 134 cm³/mol. The topological polar surface area (TPSA) is 78.8 Å². The molecule has 0 saturated carbocycles. The van der Waals surface area contributed by atoms with Crippen LogP contribution in [0.25, 0.3) is 0 Å². The van der Waals surface area contributed by atoms with Crippen molar-refractivity contribution in [1.82, 2.24) is 5.43 Å². The van der Waals surface area contributed by atoms with Crippen LogP contribution in [0.2, 0.25) is 10.0 Å². The van der Waals surface area contributed by atoms with Gasteiger partial charge in [0.2, 0.25) is 0 Å². The van der Waals surface area contributed by atoms with Crippen LogP contribution in [0.1, 0.15) is 23.6 Å². The van der Waals surface area contributed by atoms with E-state index >= 15 is 0 Å². The highest BCUT2D eigenvalue weighted by atomic mass is 35.5. The number of para-hydroxylation sites is 1. The van der Waals surface area contributed by atoms with E-state index in [4.69, 9.17) is 23.2 Å². The third-order valence-electron chi connectivity index (χ3n) is 4.88. The highest BCUT2D eigenvalue weighted by molar-refractivity contribution is 7.92. The average molecular weight is 504 g/mol. The first-order valence-corrected chi connectivity index (χ1v) is 12.4. The van der Waals surface area contributed by atoms with Gasteiger partial charge in [-0.05, 0) is 54.8 Å². The van der Waals surface area contributed by atoms with Gasteiger partial charge in [0.15, 0.2) is 0 Å². The zero-order chi connectivity index (χ0) is 24.0. The molecular formula is C24H23Cl2N3O3S. The standard InChI is InChI=1S/C24H23Cl2N3O3S/c1-3-19-6-4-5-7-23(19)29(33(31,32)20-11-8-17(2)9-12-20)16-24(30)28-27-15-18-10-13-21(25)22(26)14-18/h4-15H,3,16H2,1-2H3,(H,28,30)/b27-15-. The molecule has 0 aliphatic carbocycles. The average Bonchev–Trinajstić information content (AvgIpc) is 2.80. The highest BCUT2D eigenvalue weighted by Crippen LogP contribution is 2.27. The second-order valence-corrected chi connectivity index (χ2v) is 9.95. The zero-order valence-electron chi connectivity index (χ0n) is 18.1. The maximum absolute atomic E-state index is 13.5. The zero-order valence-corrected chi connectivity index (χ0v) is 20.5. The number of hydrogen-bond acceptors (Lipinski definition) is 4. The molecule has 0 unspecified atom stereocenters. The maximum atomic E-state index is 13.5. The van der Waals surface area contributed by atoms with E-state index in [2.05, 4.69) is 10.5 Å². The molecule has 0 saturated heterocycles. The molecule has 6 nitrogen and oxygen atoms in total. The van der Waals surface area contributed by atoms with Crippen LogP contribution >= 0.6 is 23.2 Å². The Morgan fingerprint density at radius 2 is 1.73 bits per heavy atom. The highest BCUT2D eigenvalue weighted by Gasteiger charge is 2.28. The third-order valence-corrected chi connectivity index (χ3v) is 7.40. The molecule has 1 amide bonds. The van der Waals surface area contributed by atoms with Gasteiger partial charge >= 0.3 is 0 Å². The van der Waals surface area contributed by atoms with Gasteiger partial charge in [-0.3, -0.25) is 9.10 Å². The molecular weight excluding hydrogens is 481 g/mol. The van der Waals surface area contributed by atoms with Gasteiger partial charge in [0.1, 0.15) is 6.54 Å². The van der Waals surface area contributed by atoms with E-state index in [1.54, 1.807) is 42.5 Å². The van der Waals surface area contributed by atoms with Crippen molar-refractivity contribution >= 4 is 51.0 Å². The van der Waals surface area contributed by atoms with Gasteiger partial charge in [-0.25, -0.2) is 13.8 Å². The monoisotopic (exact) mass is 503 g/mol. The predicted octanol–water partition coefficient (Wildman–Crippen LogP) is 5.21. The Morgan fingerprint density at radius 1 is 1.03 bits per heavy atom. The van der Waals surface area contributed by atoms with E-state index in [1.165, 1.54) is 18.3 Å². The van der Waals surface area contributed by atoms with Crippen LogP contribution in [0, 0.1) is 6.92 Å². The number of benzene rings is 3. The Hall–Kier alpha value is -2.87. The first-order valence-electron chi connectivity index (χ1n) is 10.2. The minimum absolute atomic E-state index is 0.103. The molecule has 0 fully saturated rings. The van der Waals surface area contributed by atoms with Crippen LogP contribution in [0.15, 0.2) is 76.7 Å². The van der Waals surface area contributed by atoms with Gasteiger partial charge in [-0.2, -0.15) is 5.10 Å². The molecule has 33 heavy (non-hydrogen) atoms. The van der Waals surface area contributed by atoms with E-state index in [0.29, 0.717) is 27.7 Å². The third kappa shape index (κ3) is 6.13. The van der Waals surface area contributed by atoms with Crippen molar-refractivity contribution in [3.63, 3.8) is 0 Å². The van der Waals surface area contributed by atoms with Crippen LogP contribution in [0.5, 0.6) is 0 Å². The number of nitrogens with zero attached hydrogens (tertiary/aromatic N) is 2. The molecule has 172 valence electrons. The maximum Gasteiger partial charge on any atom is 0.264 e. The number of aryl methyl sites for hydroxylation is 2. The largest absolute Gasteiger partial charge is 0.271 e. The van der Waals surface area contributed by atoms with Crippen LogP contribution in [0.3, 0.4) is 0 Å². The van der Waals surface area contributed by atoms with Gasteiger partial charge in [0.05, 0.1) is 26.8 Å². The fraction of sp³-hybridized carbons (Fsp3) is 0.167. The van der Waals surface area contributed by atoms with Crippen LogP contribution in [-0.2, 0) is 21.2 Å². The molecule has 0 spiro atoms. The fourth-order valence-electron chi connectivity index (χ4n) is 3.13. The summed E-state index contributed by atoms with van der Waals surface area (Å²) in [6.07, 6.45) is 2.01.